The normalized spacial score (nSPS) is 12.3. The molecule has 18 heavy (non-hydrogen) atoms. The summed E-state index contributed by atoms with van der Waals surface area (Å²) in [6, 6.07) is 8.61. The summed E-state index contributed by atoms with van der Waals surface area (Å²) in [6.45, 7) is 2.91. The zero-order chi connectivity index (χ0) is 12.8. The molecule has 2 aromatic rings. The van der Waals surface area contributed by atoms with Crippen LogP contribution in [0.4, 0.5) is 4.39 Å². The molecule has 4 heteroatoms. The number of hydrogen-bond acceptors (Lipinski definition) is 3. The van der Waals surface area contributed by atoms with Gasteiger partial charge in [0.25, 0.3) is 0 Å². The van der Waals surface area contributed by atoms with E-state index in [0.29, 0.717) is 0 Å². The summed E-state index contributed by atoms with van der Waals surface area (Å²) >= 11 is 0. The number of nitrogens with zero attached hydrogens (tertiary/aromatic N) is 2. The highest BCUT2D eigenvalue weighted by Gasteiger charge is 2.12. The van der Waals surface area contributed by atoms with Gasteiger partial charge in [0.1, 0.15) is 12.1 Å². The number of halogens is 1. The second kappa shape index (κ2) is 6.21. The van der Waals surface area contributed by atoms with Crippen molar-refractivity contribution >= 4 is 0 Å². The zero-order valence-electron chi connectivity index (χ0n) is 10.3. The van der Waals surface area contributed by atoms with Gasteiger partial charge >= 0.3 is 0 Å². The summed E-state index contributed by atoms with van der Waals surface area (Å²) in [7, 11) is 0. The van der Waals surface area contributed by atoms with Crippen LogP contribution in [0.25, 0.3) is 0 Å². The first-order chi connectivity index (χ1) is 8.79. The van der Waals surface area contributed by atoms with Crippen LogP contribution >= 0.6 is 0 Å². The molecule has 1 N–H and O–H groups in total. The van der Waals surface area contributed by atoms with E-state index in [9.17, 15) is 4.39 Å². The molecule has 0 aliphatic carbocycles. The summed E-state index contributed by atoms with van der Waals surface area (Å²) in [4.78, 5) is 8.18. The van der Waals surface area contributed by atoms with Gasteiger partial charge in [0.15, 0.2) is 0 Å². The molecule has 0 saturated heterocycles. The number of likely N-dealkylation sites (N-methyl/N-ethyl adjacent to an activating group) is 1. The maximum absolute atomic E-state index is 12.9. The molecule has 3 nitrogen and oxygen atoms in total. The van der Waals surface area contributed by atoms with Crippen molar-refractivity contribution in [1.82, 2.24) is 15.3 Å². The van der Waals surface area contributed by atoms with Gasteiger partial charge < -0.3 is 5.32 Å². The molecule has 0 bridgehead atoms. The number of rotatable bonds is 5. The first kappa shape index (κ1) is 12.6. The predicted octanol–water partition coefficient (Wildman–Crippen LogP) is 2.51. The van der Waals surface area contributed by atoms with Gasteiger partial charge in [-0.15, -0.1) is 0 Å². The van der Waals surface area contributed by atoms with E-state index >= 15 is 0 Å². The van der Waals surface area contributed by atoms with Crippen LogP contribution in [0.15, 0.2) is 42.9 Å². The molecule has 1 aromatic carbocycles. The predicted molar refractivity (Wildman–Crippen MR) is 68.6 cm³/mol. The van der Waals surface area contributed by atoms with E-state index in [4.69, 9.17) is 0 Å². The van der Waals surface area contributed by atoms with Gasteiger partial charge in [-0.1, -0.05) is 19.1 Å². The van der Waals surface area contributed by atoms with Crippen molar-refractivity contribution in [3.63, 3.8) is 0 Å². The lowest BCUT2D eigenvalue weighted by Gasteiger charge is -2.17. The molecule has 1 aromatic heterocycles. The van der Waals surface area contributed by atoms with E-state index in [1.54, 1.807) is 24.7 Å². The van der Waals surface area contributed by atoms with Crippen molar-refractivity contribution < 1.29 is 4.39 Å². The summed E-state index contributed by atoms with van der Waals surface area (Å²) < 4.78 is 12.9. The van der Waals surface area contributed by atoms with Gasteiger partial charge in [0.2, 0.25) is 0 Å². The number of nitrogens with one attached hydrogen (secondary N) is 1. The van der Waals surface area contributed by atoms with Crippen molar-refractivity contribution in [1.29, 1.82) is 0 Å². The van der Waals surface area contributed by atoms with Crippen molar-refractivity contribution in [3.05, 3.63) is 59.9 Å². The van der Waals surface area contributed by atoms with Crippen molar-refractivity contribution in [2.24, 2.45) is 0 Å². The molecule has 94 valence electrons. The van der Waals surface area contributed by atoms with Gasteiger partial charge in [0.05, 0.1) is 11.7 Å². The Balaban J connectivity index is 2.14. The Morgan fingerprint density at radius 3 is 2.61 bits per heavy atom. The second-order valence-electron chi connectivity index (χ2n) is 4.08. The molecule has 0 aliphatic heterocycles. The maximum Gasteiger partial charge on any atom is 0.123 e. The Morgan fingerprint density at radius 2 is 2.00 bits per heavy atom. The summed E-state index contributed by atoms with van der Waals surface area (Å²) in [6.07, 6.45) is 4.06. The molecule has 2 rings (SSSR count). The average Bonchev–Trinajstić information content (AvgIpc) is 2.42. The van der Waals surface area contributed by atoms with Crippen molar-refractivity contribution in [2.75, 3.05) is 6.54 Å². The fourth-order valence-electron chi connectivity index (χ4n) is 1.89. The van der Waals surface area contributed by atoms with Gasteiger partial charge in [-0.25, -0.2) is 14.4 Å². The van der Waals surface area contributed by atoms with Gasteiger partial charge in [-0.3, -0.25) is 0 Å². The van der Waals surface area contributed by atoms with E-state index in [1.807, 2.05) is 6.07 Å². The Labute approximate surface area is 106 Å². The van der Waals surface area contributed by atoms with Crippen LogP contribution in [0.5, 0.6) is 0 Å². The number of aromatic nitrogens is 2. The second-order valence-corrected chi connectivity index (χ2v) is 4.08. The molecule has 0 spiro atoms. The average molecular weight is 245 g/mol. The van der Waals surface area contributed by atoms with Crippen molar-refractivity contribution in [2.45, 2.75) is 19.4 Å². The minimum atomic E-state index is -0.208. The monoisotopic (exact) mass is 245 g/mol. The van der Waals surface area contributed by atoms with Crippen molar-refractivity contribution in [3.8, 4) is 0 Å². The molecular formula is C14H16FN3. The first-order valence-corrected chi connectivity index (χ1v) is 6.03. The number of benzene rings is 1. The van der Waals surface area contributed by atoms with Crippen LogP contribution in [0.2, 0.25) is 0 Å². The molecule has 0 amide bonds. The molecule has 0 radical (unpaired) electrons. The number of hydrogen-bond donors (Lipinski definition) is 1. The minimum Gasteiger partial charge on any atom is -0.309 e. The van der Waals surface area contributed by atoms with E-state index in [-0.39, 0.29) is 11.9 Å². The molecule has 0 saturated carbocycles. The van der Waals surface area contributed by atoms with Crippen LogP contribution in [0.1, 0.15) is 24.2 Å². The molecular weight excluding hydrogens is 229 g/mol. The highest BCUT2D eigenvalue weighted by molar-refractivity contribution is 5.19. The Bertz CT molecular complexity index is 470. The highest BCUT2D eigenvalue weighted by atomic mass is 19.1. The van der Waals surface area contributed by atoms with E-state index < -0.39 is 0 Å². The smallest absolute Gasteiger partial charge is 0.123 e. The van der Waals surface area contributed by atoms with E-state index in [0.717, 1.165) is 24.2 Å². The fourth-order valence-corrected chi connectivity index (χ4v) is 1.89. The summed E-state index contributed by atoms with van der Waals surface area (Å²) in [5.74, 6) is -0.208. The SMILES string of the molecule is CCNC(Cc1ccc(F)cc1)c1ccncn1. The summed E-state index contributed by atoms with van der Waals surface area (Å²) in [5, 5.41) is 3.38. The fraction of sp³-hybridized carbons (Fsp3) is 0.286. The molecule has 0 fully saturated rings. The molecule has 1 heterocycles. The Hall–Kier alpha value is -1.81. The minimum absolute atomic E-state index is 0.128. The molecule has 1 atom stereocenters. The van der Waals surface area contributed by atoms with Crippen LogP contribution in [0.3, 0.4) is 0 Å². The Kier molecular flexibility index (Phi) is 4.36. The topological polar surface area (TPSA) is 37.8 Å². The third kappa shape index (κ3) is 3.34. The highest BCUT2D eigenvalue weighted by Crippen LogP contribution is 2.16. The van der Waals surface area contributed by atoms with Gasteiger partial charge in [-0.05, 0) is 36.7 Å². The van der Waals surface area contributed by atoms with Crippen LogP contribution < -0.4 is 5.32 Å². The van der Waals surface area contributed by atoms with Crippen LogP contribution in [-0.2, 0) is 6.42 Å². The molecule has 1 unspecified atom stereocenters. The van der Waals surface area contributed by atoms with E-state index in [2.05, 4.69) is 22.2 Å². The molecule has 0 aliphatic rings. The zero-order valence-corrected chi connectivity index (χ0v) is 10.3. The van der Waals surface area contributed by atoms with Gasteiger partial charge in [-0.2, -0.15) is 0 Å². The standard InChI is InChI=1S/C14H16FN3/c1-2-17-14(13-7-8-16-10-18-13)9-11-3-5-12(15)6-4-11/h3-8,10,14,17H,2,9H2,1H3. The Morgan fingerprint density at radius 1 is 1.22 bits per heavy atom. The quantitative estimate of drug-likeness (QED) is 0.879. The third-order valence-corrected chi connectivity index (χ3v) is 2.77. The lowest BCUT2D eigenvalue weighted by molar-refractivity contribution is 0.534. The van der Waals surface area contributed by atoms with E-state index in [1.165, 1.54) is 12.1 Å². The van der Waals surface area contributed by atoms with Crippen LogP contribution in [0, 0.1) is 5.82 Å². The first-order valence-electron chi connectivity index (χ1n) is 6.03. The third-order valence-electron chi connectivity index (χ3n) is 2.77. The summed E-state index contributed by atoms with van der Waals surface area (Å²) in [5.41, 5.74) is 2.04. The largest absolute Gasteiger partial charge is 0.309 e. The lowest BCUT2D eigenvalue weighted by Crippen LogP contribution is -2.23. The van der Waals surface area contributed by atoms with Crippen LogP contribution in [-0.4, -0.2) is 16.5 Å². The maximum atomic E-state index is 12.9. The van der Waals surface area contributed by atoms with Gasteiger partial charge in [0, 0.05) is 6.20 Å². The lowest BCUT2D eigenvalue weighted by atomic mass is 10.0.